The Morgan fingerprint density at radius 2 is 2.26 bits per heavy atom. The Morgan fingerprint density at radius 1 is 1.42 bits per heavy atom. The molecule has 104 valence electrons. The second-order valence-electron chi connectivity index (χ2n) is 4.18. The molecule has 1 heterocycles. The van der Waals surface area contributed by atoms with Crippen molar-refractivity contribution in [2.24, 2.45) is 0 Å². The summed E-state index contributed by atoms with van der Waals surface area (Å²) in [5.41, 5.74) is 1.05. The molecular formula is C13H18N2O2S2. The maximum atomic E-state index is 8.91. The zero-order valence-corrected chi connectivity index (χ0v) is 12.5. The van der Waals surface area contributed by atoms with Gasteiger partial charge >= 0.3 is 0 Å². The van der Waals surface area contributed by atoms with E-state index in [0.717, 1.165) is 33.0 Å². The number of likely N-dealkylation sites (N-methyl/N-ethyl adjacent to an activating group) is 1. The molecule has 1 aromatic carbocycles. The molecule has 6 heteroatoms. The van der Waals surface area contributed by atoms with Gasteiger partial charge in [-0.25, -0.2) is 0 Å². The molecule has 0 atom stereocenters. The van der Waals surface area contributed by atoms with Gasteiger partial charge in [0, 0.05) is 13.1 Å². The summed E-state index contributed by atoms with van der Waals surface area (Å²) < 4.78 is 7.64. The van der Waals surface area contributed by atoms with Gasteiger partial charge in [-0.05, 0) is 37.0 Å². The van der Waals surface area contributed by atoms with E-state index in [1.807, 2.05) is 18.2 Å². The van der Waals surface area contributed by atoms with Gasteiger partial charge in [0.05, 0.1) is 16.8 Å². The number of nitrogens with one attached hydrogen (secondary N) is 1. The summed E-state index contributed by atoms with van der Waals surface area (Å²) in [6.45, 7) is 5.31. The molecule has 2 aromatic rings. The predicted molar refractivity (Wildman–Crippen MR) is 81.7 cm³/mol. The lowest BCUT2D eigenvalue weighted by molar-refractivity contribution is 0.174. The van der Waals surface area contributed by atoms with Crippen LogP contribution in [0.5, 0.6) is 5.75 Å². The van der Waals surface area contributed by atoms with Gasteiger partial charge in [0.2, 0.25) is 0 Å². The van der Waals surface area contributed by atoms with Gasteiger partial charge in [-0.1, -0.05) is 6.92 Å². The minimum atomic E-state index is 0.187. The molecule has 0 radical (unpaired) electrons. The van der Waals surface area contributed by atoms with E-state index in [2.05, 4.69) is 16.8 Å². The van der Waals surface area contributed by atoms with Crippen LogP contribution >= 0.6 is 23.6 Å². The second-order valence-corrected chi connectivity index (χ2v) is 5.90. The third kappa shape index (κ3) is 4.01. The minimum absolute atomic E-state index is 0.187. The number of nitrogens with zero attached hydrogens (tertiary/aromatic N) is 1. The number of aromatic nitrogens is 1. The number of aliphatic hydroxyl groups is 1. The lowest BCUT2D eigenvalue weighted by atomic mass is 10.3. The largest absolute Gasteiger partial charge is 0.492 e. The third-order valence-corrected chi connectivity index (χ3v) is 4.13. The fraction of sp³-hybridized carbons (Fsp3) is 0.462. The van der Waals surface area contributed by atoms with Crippen molar-refractivity contribution in [3.05, 3.63) is 22.2 Å². The molecule has 0 bridgehead atoms. The van der Waals surface area contributed by atoms with Crippen LogP contribution in [-0.4, -0.2) is 47.8 Å². The number of hydrogen-bond donors (Lipinski definition) is 2. The van der Waals surface area contributed by atoms with Crippen molar-refractivity contribution in [1.29, 1.82) is 0 Å². The molecule has 0 aliphatic rings. The number of aliphatic hydroxyl groups excluding tert-OH is 1. The Balaban J connectivity index is 1.92. The topological polar surface area (TPSA) is 48.5 Å². The highest BCUT2D eigenvalue weighted by atomic mass is 32.1. The van der Waals surface area contributed by atoms with Gasteiger partial charge < -0.3 is 14.8 Å². The maximum absolute atomic E-state index is 8.91. The van der Waals surface area contributed by atoms with E-state index in [0.29, 0.717) is 13.2 Å². The van der Waals surface area contributed by atoms with Crippen LogP contribution in [0, 0.1) is 3.95 Å². The first-order valence-corrected chi connectivity index (χ1v) is 7.54. The quantitative estimate of drug-likeness (QED) is 0.772. The lowest BCUT2D eigenvalue weighted by Gasteiger charge is -2.19. The van der Waals surface area contributed by atoms with Crippen LogP contribution in [-0.2, 0) is 0 Å². The molecular weight excluding hydrogens is 280 g/mol. The van der Waals surface area contributed by atoms with Crippen LogP contribution in [0.3, 0.4) is 0 Å². The number of hydrogen-bond acceptors (Lipinski definition) is 5. The number of fused-ring (bicyclic) bond motifs is 1. The number of ether oxygens (including phenoxy) is 1. The number of rotatable bonds is 7. The summed E-state index contributed by atoms with van der Waals surface area (Å²) in [5, 5.41) is 8.91. The summed E-state index contributed by atoms with van der Waals surface area (Å²) >= 11 is 6.67. The molecule has 0 saturated carbocycles. The monoisotopic (exact) mass is 298 g/mol. The number of H-pyrrole nitrogens is 1. The Kier molecular flexibility index (Phi) is 5.33. The molecule has 0 spiro atoms. The van der Waals surface area contributed by atoms with Gasteiger partial charge in [-0.15, -0.1) is 11.3 Å². The van der Waals surface area contributed by atoms with Crippen molar-refractivity contribution in [2.75, 3.05) is 32.8 Å². The first kappa shape index (κ1) is 14.5. The standard InChI is InChI=1S/C13H18N2O2S2/c1-2-15(5-7-16)6-8-17-10-3-4-11-12(9-10)19-13(18)14-11/h3-4,9,16H,2,5-8H2,1H3,(H,14,18). The molecule has 0 aliphatic carbocycles. The summed E-state index contributed by atoms with van der Waals surface area (Å²) in [6, 6.07) is 5.94. The normalized spacial score (nSPS) is 11.3. The maximum Gasteiger partial charge on any atom is 0.159 e. The van der Waals surface area contributed by atoms with Crippen LogP contribution < -0.4 is 4.74 Å². The summed E-state index contributed by atoms with van der Waals surface area (Å²) in [4.78, 5) is 5.28. The van der Waals surface area contributed by atoms with E-state index in [1.165, 1.54) is 0 Å². The van der Waals surface area contributed by atoms with E-state index in [9.17, 15) is 0 Å². The first-order valence-electron chi connectivity index (χ1n) is 6.32. The van der Waals surface area contributed by atoms with E-state index in [-0.39, 0.29) is 6.61 Å². The Bertz CT molecular complexity index is 579. The van der Waals surface area contributed by atoms with E-state index < -0.39 is 0 Å². The van der Waals surface area contributed by atoms with E-state index >= 15 is 0 Å². The van der Waals surface area contributed by atoms with Crippen LogP contribution in [0.4, 0.5) is 0 Å². The van der Waals surface area contributed by atoms with Gasteiger partial charge in [0.25, 0.3) is 0 Å². The molecule has 0 fully saturated rings. The smallest absolute Gasteiger partial charge is 0.159 e. The second kappa shape index (κ2) is 7.00. The van der Waals surface area contributed by atoms with Gasteiger partial charge in [-0.2, -0.15) is 0 Å². The first-order chi connectivity index (χ1) is 9.22. The van der Waals surface area contributed by atoms with Crippen LogP contribution in [0.15, 0.2) is 18.2 Å². The van der Waals surface area contributed by atoms with Crippen molar-refractivity contribution < 1.29 is 9.84 Å². The molecule has 0 aliphatic heterocycles. The van der Waals surface area contributed by atoms with Crippen LogP contribution in [0.2, 0.25) is 0 Å². The van der Waals surface area contributed by atoms with Crippen LogP contribution in [0.25, 0.3) is 10.2 Å². The van der Waals surface area contributed by atoms with Crippen molar-refractivity contribution >= 4 is 33.8 Å². The van der Waals surface area contributed by atoms with E-state index in [4.69, 9.17) is 22.1 Å². The third-order valence-electron chi connectivity index (χ3n) is 2.93. The fourth-order valence-corrected chi connectivity index (χ4v) is 3.02. The van der Waals surface area contributed by atoms with Gasteiger partial charge in [-0.3, -0.25) is 4.90 Å². The number of aromatic amines is 1. The minimum Gasteiger partial charge on any atom is -0.492 e. The molecule has 0 amide bonds. The lowest BCUT2D eigenvalue weighted by Crippen LogP contribution is -2.30. The highest BCUT2D eigenvalue weighted by molar-refractivity contribution is 7.73. The fourth-order valence-electron chi connectivity index (χ4n) is 1.88. The molecule has 19 heavy (non-hydrogen) atoms. The molecule has 2 N–H and O–H groups in total. The van der Waals surface area contributed by atoms with Crippen molar-refractivity contribution in [2.45, 2.75) is 6.92 Å². The summed E-state index contributed by atoms with van der Waals surface area (Å²) in [6.07, 6.45) is 0. The molecule has 1 aromatic heterocycles. The zero-order chi connectivity index (χ0) is 13.7. The van der Waals surface area contributed by atoms with E-state index in [1.54, 1.807) is 11.3 Å². The summed E-state index contributed by atoms with van der Waals surface area (Å²) in [5.74, 6) is 0.859. The Morgan fingerprint density at radius 3 is 3.00 bits per heavy atom. The SMILES string of the molecule is CCN(CCO)CCOc1ccc2[nH]c(=S)sc2c1. The van der Waals surface area contributed by atoms with Gasteiger partial charge in [0.15, 0.2) is 3.95 Å². The molecule has 2 rings (SSSR count). The number of benzene rings is 1. The highest BCUT2D eigenvalue weighted by Crippen LogP contribution is 2.24. The zero-order valence-electron chi connectivity index (χ0n) is 10.9. The van der Waals surface area contributed by atoms with Crippen LogP contribution in [0.1, 0.15) is 6.92 Å². The van der Waals surface area contributed by atoms with Crippen molar-refractivity contribution in [3.63, 3.8) is 0 Å². The Labute approximate surface area is 121 Å². The number of thiazole rings is 1. The molecule has 4 nitrogen and oxygen atoms in total. The summed E-state index contributed by atoms with van der Waals surface area (Å²) in [7, 11) is 0. The van der Waals surface area contributed by atoms with Crippen molar-refractivity contribution in [3.8, 4) is 5.75 Å². The molecule has 0 unspecified atom stereocenters. The average molecular weight is 298 g/mol. The predicted octanol–water partition coefficient (Wildman–Crippen LogP) is 2.65. The van der Waals surface area contributed by atoms with Crippen molar-refractivity contribution in [1.82, 2.24) is 9.88 Å². The average Bonchev–Trinajstić information content (AvgIpc) is 2.77. The molecule has 0 saturated heterocycles. The van der Waals surface area contributed by atoms with Gasteiger partial charge in [0.1, 0.15) is 12.4 Å². The Hall–Kier alpha value is -0.950. The highest BCUT2D eigenvalue weighted by Gasteiger charge is 2.03.